The number of benzene rings is 2. The zero-order valence-corrected chi connectivity index (χ0v) is 20.2. The zero-order chi connectivity index (χ0) is 24.1. The average Bonchev–Trinajstić information content (AvgIpc) is 3.25. The van der Waals surface area contributed by atoms with Gasteiger partial charge in [0.2, 0.25) is 5.91 Å². The van der Waals surface area contributed by atoms with Crippen LogP contribution < -0.4 is 15.9 Å². The van der Waals surface area contributed by atoms with Crippen LogP contribution in [0, 0.1) is 0 Å². The number of piperazine rings is 1. The zero-order valence-electron chi connectivity index (χ0n) is 20.2. The molecule has 1 aliphatic rings. The van der Waals surface area contributed by atoms with Crippen LogP contribution in [-0.2, 0) is 4.79 Å². The molecule has 1 aliphatic heterocycles. The van der Waals surface area contributed by atoms with Gasteiger partial charge in [-0.2, -0.15) is 5.10 Å². The van der Waals surface area contributed by atoms with E-state index in [1.54, 1.807) is 10.9 Å². The van der Waals surface area contributed by atoms with E-state index in [9.17, 15) is 9.59 Å². The summed E-state index contributed by atoms with van der Waals surface area (Å²) in [5.74, 6) is -0.0835. The number of likely N-dealkylation sites (N-methyl/N-ethyl adjacent to an activating group) is 1. The lowest BCUT2D eigenvalue weighted by atomic mass is 9.97. The largest absolute Gasteiger partial charge is 0.369 e. The number of rotatable bonds is 8. The van der Waals surface area contributed by atoms with Crippen LogP contribution in [0.3, 0.4) is 0 Å². The van der Waals surface area contributed by atoms with E-state index in [0.717, 1.165) is 43.1 Å². The molecule has 4 rings (SSSR count). The molecule has 3 aromatic rings. The summed E-state index contributed by atoms with van der Waals surface area (Å²) in [5.41, 5.74) is 2.88. The summed E-state index contributed by atoms with van der Waals surface area (Å²) in [4.78, 5) is 30.0. The smallest absolute Gasteiger partial charge is 0.350 e. The number of anilines is 1. The van der Waals surface area contributed by atoms with E-state index in [4.69, 9.17) is 0 Å². The number of nitrogens with one attached hydrogen (secondary N) is 1. The molecule has 2 aromatic carbocycles. The summed E-state index contributed by atoms with van der Waals surface area (Å²) in [6.07, 6.45) is 1.58. The molecule has 2 heterocycles. The number of amides is 1. The maximum atomic E-state index is 12.7. The first-order chi connectivity index (χ1) is 16.5. The Morgan fingerprint density at radius 2 is 1.62 bits per heavy atom. The minimum absolute atomic E-state index is 0.0267. The summed E-state index contributed by atoms with van der Waals surface area (Å²) in [6, 6.07) is 18.1. The molecule has 8 heteroatoms. The second-order valence-corrected chi connectivity index (χ2v) is 8.98. The van der Waals surface area contributed by atoms with E-state index in [1.165, 1.54) is 4.68 Å². The molecule has 0 spiro atoms. The van der Waals surface area contributed by atoms with Crippen molar-refractivity contribution in [1.82, 2.24) is 24.6 Å². The minimum atomic E-state index is -0.169. The van der Waals surface area contributed by atoms with Crippen molar-refractivity contribution in [3.05, 3.63) is 77.0 Å². The lowest BCUT2D eigenvalue weighted by molar-refractivity contribution is -0.122. The predicted octanol–water partition coefficient (Wildman–Crippen LogP) is 2.66. The first kappa shape index (κ1) is 23.8. The van der Waals surface area contributed by atoms with Gasteiger partial charge in [0.25, 0.3) is 0 Å². The van der Waals surface area contributed by atoms with Crippen LogP contribution in [0.1, 0.15) is 38.3 Å². The van der Waals surface area contributed by atoms with Gasteiger partial charge in [-0.05, 0) is 50.6 Å². The van der Waals surface area contributed by atoms with Crippen molar-refractivity contribution >= 4 is 11.6 Å². The van der Waals surface area contributed by atoms with Crippen LogP contribution in [0.5, 0.6) is 0 Å². The van der Waals surface area contributed by atoms with Crippen molar-refractivity contribution in [2.75, 3.05) is 44.2 Å². The standard InChI is InChI=1S/C26H34N6O2/c1-4-27-25(33)24(21-8-6-5-7-9-21)18-29-14-16-30(17-15-29)22-10-12-23(13-11-22)31-19-28-32(20(2)3)26(31)34/h5-13,19-20,24H,4,14-18H2,1-3H3,(H,27,33). The second kappa shape index (κ2) is 10.7. The van der Waals surface area contributed by atoms with Gasteiger partial charge in [0.1, 0.15) is 6.33 Å². The fourth-order valence-corrected chi connectivity index (χ4v) is 4.44. The quantitative estimate of drug-likeness (QED) is 0.557. The lowest BCUT2D eigenvalue weighted by Crippen LogP contribution is -2.49. The van der Waals surface area contributed by atoms with Crippen molar-refractivity contribution in [2.24, 2.45) is 0 Å². The van der Waals surface area contributed by atoms with Crippen molar-refractivity contribution in [3.8, 4) is 5.69 Å². The Kier molecular flexibility index (Phi) is 7.47. The van der Waals surface area contributed by atoms with E-state index in [0.29, 0.717) is 13.1 Å². The van der Waals surface area contributed by atoms with Gasteiger partial charge in [-0.25, -0.2) is 14.0 Å². The summed E-state index contributed by atoms with van der Waals surface area (Å²) in [5, 5.41) is 7.20. The SMILES string of the molecule is CCNC(=O)C(CN1CCN(c2ccc(-n3cnn(C(C)C)c3=O)cc2)CC1)c1ccccc1. The van der Waals surface area contributed by atoms with E-state index in [-0.39, 0.29) is 23.6 Å². The molecule has 1 unspecified atom stereocenters. The van der Waals surface area contributed by atoms with E-state index in [1.807, 2.05) is 63.2 Å². The number of carbonyl (C=O) groups excluding carboxylic acids is 1. The summed E-state index contributed by atoms with van der Waals surface area (Å²) in [7, 11) is 0. The molecule has 1 fully saturated rings. The molecule has 0 radical (unpaired) electrons. The van der Waals surface area contributed by atoms with Gasteiger partial charge in [-0.15, -0.1) is 0 Å². The maximum absolute atomic E-state index is 12.7. The molecule has 1 aromatic heterocycles. The third-order valence-corrected chi connectivity index (χ3v) is 6.36. The molecule has 1 amide bonds. The van der Waals surface area contributed by atoms with Gasteiger partial charge in [0.05, 0.1) is 17.6 Å². The highest BCUT2D eigenvalue weighted by Gasteiger charge is 2.25. The van der Waals surface area contributed by atoms with Crippen LogP contribution in [0.4, 0.5) is 5.69 Å². The normalized spacial score (nSPS) is 15.5. The fourth-order valence-electron chi connectivity index (χ4n) is 4.44. The molecule has 0 saturated carbocycles. The van der Waals surface area contributed by atoms with Crippen LogP contribution in [-0.4, -0.2) is 64.4 Å². The van der Waals surface area contributed by atoms with Crippen LogP contribution in [0.25, 0.3) is 5.69 Å². The fraction of sp³-hybridized carbons (Fsp3) is 0.423. The molecule has 180 valence electrons. The molecular formula is C26H34N6O2. The van der Waals surface area contributed by atoms with Gasteiger partial charge in [0, 0.05) is 45.0 Å². The molecule has 0 aliphatic carbocycles. The topological polar surface area (TPSA) is 75.4 Å². The minimum Gasteiger partial charge on any atom is -0.369 e. The van der Waals surface area contributed by atoms with E-state index >= 15 is 0 Å². The molecule has 0 bridgehead atoms. The third kappa shape index (κ3) is 5.22. The lowest BCUT2D eigenvalue weighted by Gasteiger charge is -2.37. The Balaban J connectivity index is 1.38. The monoisotopic (exact) mass is 462 g/mol. The number of aromatic nitrogens is 3. The number of hydrogen-bond donors (Lipinski definition) is 1. The molecule has 34 heavy (non-hydrogen) atoms. The van der Waals surface area contributed by atoms with Crippen molar-refractivity contribution in [1.29, 1.82) is 0 Å². The van der Waals surface area contributed by atoms with Gasteiger partial charge in [-0.1, -0.05) is 30.3 Å². The van der Waals surface area contributed by atoms with Gasteiger partial charge in [-0.3, -0.25) is 9.69 Å². The first-order valence-electron chi connectivity index (χ1n) is 12.0. The Hall–Kier alpha value is -3.39. The highest BCUT2D eigenvalue weighted by molar-refractivity contribution is 5.83. The Labute approximate surface area is 200 Å². The highest BCUT2D eigenvalue weighted by atomic mass is 16.2. The number of carbonyl (C=O) groups is 1. The summed E-state index contributed by atoms with van der Waals surface area (Å²) >= 11 is 0. The van der Waals surface area contributed by atoms with Crippen molar-refractivity contribution < 1.29 is 4.79 Å². The van der Waals surface area contributed by atoms with Crippen LogP contribution in [0.15, 0.2) is 65.7 Å². The Bertz CT molecular complexity index is 1130. The van der Waals surface area contributed by atoms with Crippen molar-refractivity contribution in [2.45, 2.75) is 32.7 Å². The van der Waals surface area contributed by atoms with E-state index in [2.05, 4.69) is 32.3 Å². The maximum Gasteiger partial charge on any atom is 0.350 e. The van der Waals surface area contributed by atoms with E-state index < -0.39 is 0 Å². The summed E-state index contributed by atoms with van der Waals surface area (Å²) < 4.78 is 3.06. The van der Waals surface area contributed by atoms with Crippen LogP contribution in [0.2, 0.25) is 0 Å². The average molecular weight is 463 g/mol. The van der Waals surface area contributed by atoms with Gasteiger partial charge >= 0.3 is 5.69 Å². The molecule has 1 N–H and O–H groups in total. The first-order valence-corrected chi connectivity index (χ1v) is 12.0. The second-order valence-electron chi connectivity index (χ2n) is 8.98. The highest BCUT2D eigenvalue weighted by Crippen LogP contribution is 2.22. The Morgan fingerprint density at radius 3 is 2.21 bits per heavy atom. The molecule has 1 atom stereocenters. The Morgan fingerprint density at radius 1 is 0.971 bits per heavy atom. The van der Waals surface area contributed by atoms with Gasteiger partial charge in [0.15, 0.2) is 0 Å². The number of nitrogens with zero attached hydrogens (tertiary/aromatic N) is 5. The number of hydrogen-bond acceptors (Lipinski definition) is 5. The molecule has 1 saturated heterocycles. The van der Waals surface area contributed by atoms with Crippen LogP contribution >= 0.6 is 0 Å². The van der Waals surface area contributed by atoms with Crippen molar-refractivity contribution in [3.63, 3.8) is 0 Å². The molecular weight excluding hydrogens is 428 g/mol. The van der Waals surface area contributed by atoms with Gasteiger partial charge < -0.3 is 10.2 Å². The third-order valence-electron chi connectivity index (χ3n) is 6.36. The molecule has 8 nitrogen and oxygen atoms in total. The predicted molar refractivity (Wildman–Crippen MR) is 135 cm³/mol. The summed E-state index contributed by atoms with van der Waals surface area (Å²) in [6.45, 7) is 10.8.